The minimum absolute atomic E-state index is 0.244. The van der Waals surface area contributed by atoms with Gasteiger partial charge in [-0.05, 0) is 20.8 Å². The van der Waals surface area contributed by atoms with Crippen LogP contribution in [0.5, 0.6) is 0 Å². The molecule has 14 heavy (non-hydrogen) atoms. The third-order valence-corrected chi connectivity index (χ3v) is 1.84. The van der Waals surface area contributed by atoms with Crippen LogP contribution in [0.4, 0.5) is 4.79 Å². The summed E-state index contributed by atoms with van der Waals surface area (Å²) in [6, 6.07) is 2.91. The maximum atomic E-state index is 11.4. The molecular weight excluding hydrogens is 180 g/mol. The van der Waals surface area contributed by atoms with Gasteiger partial charge in [0.15, 0.2) is 0 Å². The zero-order chi connectivity index (χ0) is 10.8. The van der Waals surface area contributed by atoms with E-state index < -0.39 is 5.60 Å². The van der Waals surface area contributed by atoms with Crippen LogP contribution in [0.15, 0.2) is 0 Å². The predicted octanol–water partition coefficient (Wildman–Crippen LogP) is 1.82. The van der Waals surface area contributed by atoms with Crippen LogP contribution in [-0.2, 0) is 4.74 Å². The summed E-state index contributed by atoms with van der Waals surface area (Å²) in [5.74, 6) is 0.285. The van der Waals surface area contributed by atoms with Gasteiger partial charge in [0, 0.05) is 13.1 Å². The van der Waals surface area contributed by atoms with Crippen molar-refractivity contribution in [1.29, 1.82) is 0 Å². The summed E-state index contributed by atoms with van der Waals surface area (Å²) in [6.45, 7) is 6.93. The number of carbonyl (C=O) groups excluding carboxylic acids is 1. The van der Waals surface area contributed by atoms with Gasteiger partial charge in [-0.2, -0.15) is 0 Å². The van der Waals surface area contributed by atoms with Crippen molar-refractivity contribution in [2.24, 2.45) is 5.92 Å². The van der Waals surface area contributed by atoms with Crippen LogP contribution in [0.1, 0.15) is 20.8 Å². The Balaban J connectivity index is 2.32. The summed E-state index contributed by atoms with van der Waals surface area (Å²) >= 11 is 0. The van der Waals surface area contributed by atoms with Gasteiger partial charge in [-0.25, -0.2) is 4.79 Å². The highest BCUT2D eigenvalue weighted by molar-refractivity contribution is 5.69. The van der Waals surface area contributed by atoms with Crippen LogP contribution in [0.3, 0.4) is 0 Å². The topological polar surface area (TPSA) is 33.9 Å². The molecule has 0 aliphatic carbocycles. The van der Waals surface area contributed by atoms with E-state index in [4.69, 9.17) is 4.74 Å². The number of ether oxygens (including phenoxy) is 1. The molecule has 1 aliphatic heterocycles. The number of rotatable bonds is 0. The van der Waals surface area contributed by atoms with Crippen molar-refractivity contribution in [3.63, 3.8) is 0 Å². The highest BCUT2D eigenvalue weighted by Crippen LogP contribution is 2.18. The number of hydrogen-bond donors (Lipinski definition) is 0. The van der Waals surface area contributed by atoms with Gasteiger partial charge in [0.05, 0.1) is 0 Å². The Labute approximate surface area is 84.7 Å². The summed E-state index contributed by atoms with van der Waals surface area (Å²) in [6.07, 6.45) is -0.244. The van der Waals surface area contributed by atoms with Gasteiger partial charge >= 0.3 is 6.09 Å². The number of nitrogens with zero attached hydrogens (tertiary/aromatic N) is 2. The average molecular weight is 197 g/mol. The third-order valence-electron chi connectivity index (χ3n) is 1.84. The molecule has 1 heterocycles. The van der Waals surface area contributed by atoms with E-state index in [1.54, 1.807) is 11.9 Å². The van der Waals surface area contributed by atoms with E-state index in [1.807, 2.05) is 20.8 Å². The zero-order valence-corrected chi connectivity index (χ0v) is 9.20. The molecule has 0 bridgehead atoms. The Kier molecular flexibility index (Phi) is 3.00. The summed E-state index contributed by atoms with van der Waals surface area (Å²) in [7, 11) is 1.69. The van der Waals surface area contributed by atoms with Crippen molar-refractivity contribution in [1.82, 2.24) is 4.90 Å². The van der Waals surface area contributed by atoms with Gasteiger partial charge in [0.1, 0.15) is 11.5 Å². The van der Waals surface area contributed by atoms with Crippen LogP contribution < -0.4 is 0 Å². The maximum absolute atomic E-state index is 11.4. The van der Waals surface area contributed by atoms with Gasteiger partial charge < -0.3 is 9.64 Å². The fourth-order valence-electron chi connectivity index (χ4n) is 1.22. The number of carbonyl (C=O) groups is 1. The van der Waals surface area contributed by atoms with Crippen molar-refractivity contribution >= 4 is 6.09 Å². The lowest BCUT2D eigenvalue weighted by molar-refractivity contribution is 0.00589. The molecule has 0 atom stereocenters. The van der Waals surface area contributed by atoms with Crippen LogP contribution in [0, 0.1) is 12.0 Å². The second-order valence-electron chi connectivity index (χ2n) is 4.43. The molecule has 0 spiro atoms. The van der Waals surface area contributed by atoms with Crippen LogP contribution in [0.2, 0.25) is 0 Å². The van der Waals surface area contributed by atoms with Gasteiger partial charge in [0.25, 0.3) is 13.1 Å². The molecule has 1 saturated heterocycles. The molecule has 4 nitrogen and oxygen atoms in total. The first kappa shape index (κ1) is 10.8. The highest BCUT2D eigenvalue weighted by Gasteiger charge is 2.35. The molecule has 0 aromatic rings. The van der Waals surface area contributed by atoms with Gasteiger partial charge in [-0.1, -0.05) is 4.85 Å². The Morgan fingerprint density at radius 2 is 2.07 bits per heavy atom. The van der Waals surface area contributed by atoms with Gasteiger partial charge in [-0.15, -0.1) is 0 Å². The molecule has 0 unspecified atom stereocenters. The normalized spacial score (nSPS) is 16.7. The summed E-state index contributed by atoms with van der Waals surface area (Å²) in [4.78, 5) is 16.9. The van der Waals surface area contributed by atoms with Gasteiger partial charge in [0.2, 0.25) is 0 Å². The molecule has 0 radical (unpaired) electrons. The maximum Gasteiger partial charge on any atom is 0.410 e. The van der Waals surface area contributed by atoms with Crippen LogP contribution in [-0.4, -0.2) is 36.7 Å². The number of amides is 1. The fourth-order valence-corrected chi connectivity index (χ4v) is 1.22. The van der Waals surface area contributed by atoms with Crippen molar-refractivity contribution in [2.45, 2.75) is 26.4 Å². The fraction of sp³-hybridized carbons (Fsp3) is 0.800. The monoisotopic (exact) mass is 197 g/mol. The lowest BCUT2D eigenvalue weighted by atomic mass is 10.0. The lowest BCUT2D eigenvalue weighted by Gasteiger charge is -2.35. The Morgan fingerprint density at radius 1 is 1.50 bits per heavy atom. The zero-order valence-electron chi connectivity index (χ0n) is 9.20. The molecule has 1 aliphatic rings. The third kappa shape index (κ3) is 2.91. The Morgan fingerprint density at radius 3 is 2.50 bits per heavy atom. The molecule has 4 heteroatoms. The second-order valence-corrected chi connectivity index (χ2v) is 4.43. The van der Waals surface area contributed by atoms with E-state index in [9.17, 15) is 4.79 Å². The van der Waals surface area contributed by atoms with E-state index >= 15 is 0 Å². The van der Waals surface area contributed by atoms with E-state index in [-0.39, 0.29) is 12.0 Å². The predicted molar refractivity (Wildman–Crippen MR) is 54.5 cm³/mol. The molecule has 1 amide bonds. The van der Waals surface area contributed by atoms with E-state index in [1.165, 1.54) is 0 Å². The Bertz CT molecular complexity index is 277. The summed E-state index contributed by atoms with van der Waals surface area (Å²) in [5.41, 5.74) is -0.412. The molecule has 0 aromatic carbocycles. The summed E-state index contributed by atoms with van der Waals surface area (Å²) in [5, 5.41) is 0. The smallest absolute Gasteiger partial charge is 0.410 e. The van der Waals surface area contributed by atoms with Crippen molar-refractivity contribution in [3.05, 3.63) is 4.85 Å². The van der Waals surface area contributed by atoms with Crippen LogP contribution >= 0.6 is 0 Å². The Hall–Kier alpha value is -1.24. The highest BCUT2D eigenvalue weighted by atomic mass is 16.6. The first-order valence-corrected chi connectivity index (χ1v) is 4.74. The molecule has 0 N–H and O–H groups in total. The average Bonchev–Trinajstić information content (AvgIpc) is 1.91. The quantitative estimate of drug-likeness (QED) is 0.593. The van der Waals surface area contributed by atoms with Crippen molar-refractivity contribution in [2.75, 3.05) is 20.1 Å². The van der Waals surface area contributed by atoms with Crippen molar-refractivity contribution in [3.8, 4) is 6.07 Å². The molecule has 0 aromatic heterocycles. The van der Waals surface area contributed by atoms with Crippen LogP contribution in [0.25, 0.3) is 4.85 Å². The van der Waals surface area contributed by atoms with E-state index in [2.05, 4.69) is 10.9 Å². The minimum Gasteiger partial charge on any atom is -0.444 e. The van der Waals surface area contributed by atoms with Gasteiger partial charge in [-0.3, -0.25) is 0 Å². The number of likely N-dealkylation sites (tertiary alicyclic amines) is 1. The molecular formula is C10H17N2O2+. The molecule has 78 valence electrons. The largest absolute Gasteiger partial charge is 0.444 e. The molecule has 1 rings (SSSR count). The standard InChI is InChI=1S/C10H17N2O2/c1-10(2,3)14-9(13)12-6-8(7-12)5-11-4/h8H,6-7H2,1-4H3/q+1. The van der Waals surface area contributed by atoms with E-state index in [0.29, 0.717) is 13.1 Å². The SMILES string of the molecule is C[N+]#CC1CN(C(=O)OC(C)(C)C)C1. The first-order valence-electron chi connectivity index (χ1n) is 4.74. The lowest BCUT2D eigenvalue weighted by Crippen LogP contribution is -2.51. The minimum atomic E-state index is -0.412. The van der Waals surface area contributed by atoms with E-state index in [0.717, 1.165) is 0 Å². The molecule has 0 saturated carbocycles. The number of hydrogen-bond acceptors (Lipinski definition) is 2. The first-order chi connectivity index (χ1) is 6.42. The summed E-state index contributed by atoms with van der Waals surface area (Å²) < 4.78 is 5.20. The van der Waals surface area contributed by atoms with Crippen molar-refractivity contribution < 1.29 is 9.53 Å². The second kappa shape index (κ2) is 3.87. The molecule has 1 fully saturated rings.